The molecule has 21 heavy (non-hydrogen) atoms. The fourth-order valence-corrected chi connectivity index (χ4v) is 1.96. The number of rotatable bonds is 5. The van der Waals surface area contributed by atoms with Crippen molar-refractivity contribution in [2.45, 2.75) is 38.9 Å². The van der Waals surface area contributed by atoms with Gasteiger partial charge in [-0.25, -0.2) is 4.79 Å². The first kappa shape index (κ1) is 17.3. The molecule has 7 heteroatoms. The maximum atomic E-state index is 12.8. The fourth-order valence-electron chi connectivity index (χ4n) is 1.96. The molecule has 1 aromatic carbocycles. The monoisotopic (exact) mass is 304 g/mol. The number of alkyl halides is 3. The SMILES string of the molecule is CCC(CCO)NC(=O)Nc1cccc(C(F)(F)F)c1C. The largest absolute Gasteiger partial charge is 0.416 e. The molecule has 0 fully saturated rings. The van der Waals surface area contributed by atoms with Crippen molar-refractivity contribution in [1.82, 2.24) is 5.32 Å². The number of nitrogens with one attached hydrogen (secondary N) is 2. The Bertz CT molecular complexity index is 490. The highest BCUT2D eigenvalue weighted by Crippen LogP contribution is 2.34. The van der Waals surface area contributed by atoms with E-state index in [9.17, 15) is 18.0 Å². The van der Waals surface area contributed by atoms with E-state index in [4.69, 9.17) is 5.11 Å². The summed E-state index contributed by atoms with van der Waals surface area (Å²) in [5, 5.41) is 13.9. The summed E-state index contributed by atoms with van der Waals surface area (Å²) in [7, 11) is 0. The first-order chi connectivity index (χ1) is 9.79. The molecular formula is C14H19F3N2O2. The summed E-state index contributed by atoms with van der Waals surface area (Å²) in [6.45, 7) is 3.08. The third kappa shape index (κ3) is 4.93. The molecule has 0 bridgehead atoms. The predicted octanol–water partition coefficient (Wildman–Crippen LogP) is 3.30. The van der Waals surface area contributed by atoms with Crippen molar-refractivity contribution in [3.63, 3.8) is 0 Å². The molecular weight excluding hydrogens is 285 g/mol. The van der Waals surface area contributed by atoms with Crippen LogP contribution in [0, 0.1) is 6.92 Å². The Morgan fingerprint density at radius 3 is 2.57 bits per heavy atom. The van der Waals surface area contributed by atoms with Crippen LogP contribution in [0.25, 0.3) is 0 Å². The number of aliphatic hydroxyl groups excluding tert-OH is 1. The normalized spacial score (nSPS) is 12.9. The molecule has 0 aliphatic rings. The summed E-state index contributed by atoms with van der Waals surface area (Å²) in [6.07, 6.45) is -3.44. The average molecular weight is 304 g/mol. The van der Waals surface area contributed by atoms with Crippen LogP contribution >= 0.6 is 0 Å². The van der Waals surface area contributed by atoms with Gasteiger partial charge in [-0.2, -0.15) is 13.2 Å². The Labute approximate surface area is 121 Å². The number of carbonyl (C=O) groups excluding carboxylic acids is 1. The van der Waals surface area contributed by atoms with Crippen LogP contribution in [0.2, 0.25) is 0 Å². The maximum absolute atomic E-state index is 12.8. The van der Waals surface area contributed by atoms with Crippen molar-refractivity contribution >= 4 is 11.7 Å². The van der Waals surface area contributed by atoms with Gasteiger partial charge in [0.1, 0.15) is 0 Å². The molecule has 1 atom stereocenters. The molecule has 3 N–H and O–H groups in total. The molecule has 1 rings (SSSR count). The predicted molar refractivity (Wildman–Crippen MR) is 74.1 cm³/mol. The molecule has 0 aliphatic carbocycles. The minimum absolute atomic E-state index is 0.0321. The number of halogens is 3. The van der Waals surface area contributed by atoms with Gasteiger partial charge in [0.05, 0.1) is 5.56 Å². The lowest BCUT2D eigenvalue weighted by molar-refractivity contribution is -0.138. The second-order valence-electron chi connectivity index (χ2n) is 4.69. The number of hydrogen-bond donors (Lipinski definition) is 3. The summed E-state index contributed by atoms with van der Waals surface area (Å²) < 4.78 is 38.3. The van der Waals surface area contributed by atoms with Crippen LogP contribution in [0.4, 0.5) is 23.7 Å². The number of benzene rings is 1. The van der Waals surface area contributed by atoms with Crippen LogP contribution in [-0.4, -0.2) is 23.8 Å². The van der Waals surface area contributed by atoms with Gasteiger partial charge in [0.2, 0.25) is 0 Å². The molecule has 1 unspecified atom stereocenters. The number of urea groups is 1. The highest BCUT2D eigenvalue weighted by molar-refractivity contribution is 5.90. The van der Waals surface area contributed by atoms with Crippen LogP contribution < -0.4 is 10.6 Å². The Morgan fingerprint density at radius 1 is 1.38 bits per heavy atom. The van der Waals surface area contributed by atoms with Crippen LogP contribution in [0.15, 0.2) is 18.2 Å². The van der Waals surface area contributed by atoms with Crippen molar-refractivity contribution in [3.8, 4) is 0 Å². The standard InChI is InChI=1S/C14H19F3N2O2/c1-3-10(7-8-20)18-13(21)19-12-6-4-5-11(9(12)2)14(15,16)17/h4-6,10,20H,3,7-8H2,1-2H3,(H2,18,19,21). The lowest BCUT2D eigenvalue weighted by Gasteiger charge is -2.18. The van der Waals surface area contributed by atoms with Crippen LogP contribution in [0.3, 0.4) is 0 Å². The van der Waals surface area contributed by atoms with Crippen LogP contribution in [0.5, 0.6) is 0 Å². The average Bonchev–Trinajstić information content (AvgIpc) is 2.39. The van der Waals surface area contributed by atoms with E-state index < -0.39 is 17.8 Å². The number of aliphatic hydroxyl groups is 1. The Morgan fingerprint density at radius 2 is 2.05 bits per heavy atom. The van der Waals surface area contributed by atoms with Gasteiger partial charge in [-0.1, -0.05) is 13.0 Å². The quantitative estimate of drug-likeness (QED) is 0.781. The van der Waals surface area contributed by atoms with E-state index in [0.29, 0.717) is 12.8 Å². The number of carbonyl (C=O) groups is 1. The lowest BCUT2D eigenvalue weighted by Crippen LogP contribution is -2.38. The number of amides is 2. The third-order valence-electron chi connectivity index (χ3n) is 3.19. The van der Waals surface area contributed by atoms with Crippen molar-refractivity contribution in [3.05, 3.63) is 29.3 Å². The first-order valence-electron chi connectivity index (χ1n) is 6.64. The second-order valence-corrected chi connectivity index (χ2v) is 4.69. The molecule has 2 amide bonds. The van der Waals surface area contributed by atoms with E-state index in [0.717, 1.165) is 6.07 Å². The van der Waals surface area contributed by atoms with E-state index in [1.165, 1.54) is 19.1 Å². The minimum atomic E-state index is -4.46. The number of anilines is 1. The van der Waals surface area contributed by atoms with Gasteiger partial charge in [-0.05, 0) is 37.5 Å². The van der Waals surface area contributed by atoms with Gasteiger partial charge in [0.25, 0.3) is 0 Å². The molecule has 4 nitrogen and oxygen atoms in total. The zero-order valence-electron chi connectivity index (χ0n) is 11.9. The molecule has 1 aromatic rings. The Hall–Kier alpha value is -1.76. The summed E-state index contributed by atoms with van der Waals surface area (Å²) >= 11 is 0. The molecule has 0 aromatic heterocycles. The molecule has 0 spiro atoms. The Balaban J connectivity index is 2.82. The van der Waals surface area contributed by atoms with Crippen LogP contribution in [0.1, 0.15) is 30.9 Å². The van der Waals surface area contributed by atoms with Gasteiger partial charge in [-0.3, -0.25) is 0 Å². The van der Waals surface area contributed by atoms with Gasteiger partial charge in [0, 0.05) is 18.3 Å². The van der Waals surface area contributed by atoms with Crippen molar-refractivity contribution < 1.29 is 23.1 Å². The Kier molecular flexibility index (Phi) is 6.02. The summed E-state index contributed by atoms with van der Waals surface area (Å²) in [6, 6.07) is 2.82. The first-order valence-corrected chi connectivity index (χ1v) is 6.64. The van der Waals surface area contributed by atoms with Gasteiger partial charge < -0.3 is 15.7 Å². The topological polar surface area (TPSA) is 61.4 Å². The zero-order chi connectivity index (χ0) is 16.0. The number of hydrogen-bond acceptors (Lipinski definition) is 2. The van der Waals surface area contributed by atoms with Crippen LogP contribution in [-0.2, 0) is 6.18 Å². The van der Waals surface area contributed by atoms with Gasteiger partial charge in [0.15, 0.2) is 0 Å². The maximum Gasteiger partial charge on any atom is 0.416 e. The van der Waals surface area contributed by atoms with E-state index in [2.05, 4.69) is 10.6 Å². The van der Waals surface area contributed by atoms with Gasteiger partial charge >= 0.3 is 12.2 Å². The minimum Gasteiger partial charge on any atom is -0.396 e. The summed E-state index contributed by atoms with van der Waals surface area (Å²) in [5.74, 6) is 0. The van der Waals surface area contributed by atoms with Crippen molar-refractivity contribution in [2.75, 3.05) is 11.9 Å². The zero-order valence-corrected chi connectivity index (χ0v) is 11.9. The van der Waals surface area contributed by atoms with Crippen molar-refractivity contribution in [1.29, 1.82) is 0 Å². The molecule has 0 aliphatic heterocycles. The summed E-state index contributed by atoms with van der Waals surface area (Å²) in [4.78, 5) is 11.8. The lowest BCUT2D eigenvalue weighted by atomic mass is 10.1. The van der Waals surface area contributed by atoms with E-state index in [1.54, 1.807) is 0 Å². The third-order valence-corrected chi connectivity index (χ3v) is 3.19. The molecule has 118 valence electrons. The van der Waals surface area contributed by atoms with Gasteiger partial charge in [-0.15, -0.1) is 0 Å². The van der Waals surface area contributed by atoms with Crippen molar-refractivity contribution in [2.24, 2.45) is 0 Å². The fraction of sp³-hybridized carbons (Fsp3) is 0.500. The summed E-state index contributed by atoms with van der Waals surface area (Å²) in [5.41, 5.74) is -0.695. The highest BCUT2D eigenvalue weighted by Gasteiger charge is 2.33. The molecule has 0 saturated carbocycles. The molecule has 0 heterocycles. The molecule has 0 saturated heterocycles. The van der Waals surface area contributed by atoms with E-state index >= 15 is 0 Å². The van der Waals surface area contributed by atoms with E-state index in [-0.39, 0.29) is 23.9 Å². The smallest absolute Gasteiger partial charge is 0.396 e. The van der Waals surface area contributed by atoms with E-state index in [1.807, 2.05) is 6.92 Å². The molecule has 0 radical (unpaired) electrons. The second kappa shape index (κ2) is 7.31. The highest BCUT2D eigenvalue weighted by atomic mass is 19.4.